The summed E-state index contributed by atoms with van der Waals surface area (Å²) in [7, 11) is -2.24. The van der Waals surface area contributed by atoms with Gasteiger partial charge in [0.15, 0.2) is 0 Å². The summed E-state index contributed by atoms with van der Waals surface area (Å²) in [5.41, 5.74) is 1.66. The molecular formula is C21H21N5O5S. The lowest BCUT2D eigenvalue weighted by Crippen LogP contribution is -2.39. The summed E-state index contributed by atoms with van der Waals surface area (Å²) in [5, 5.41) is 10.3. The first-order chi connectivity index (χ1) is 15.3. The molecule has 1 aliphatic rings. The maximum Gasteiger partial charge on any atom is 0.246 e. The smallest absolute Gasteiger partial charge is 0.246 e. The van der Waals surface area contributed by atoms with E-state index in [1.54, 1.807) is 0 Å². The van der Waals surface area contributed by atoms with E-state index in [1.165, 1.54) is 36.0 Å². The van der Waals surface area contributed by atoms with Gasteiger partial charge in [-0.2, -0.15) is 5.10 Å². The summed E-state index contributed by atoms with van der Waals surface area (Å²) in [6.07, 6.45) is 0.594. The van der Waals surface area contributed by atoms with Gasteiger partial charge in [-0.3, -0.25) is 24.4 Å². The minimum Gasteiger partial charge on any atom is -0.324 e. The molecular weight excluding hydrogens is 434 g/mol. The van der Waals surface area contributed by atoms with Gasteiger partial charge in [0.1, 0.15) is 6.54 Å². The number of imide groups is 1. The van der Waals surface area contributed by atoms with Gasteiger partial charge in [0.2, 0.25) is 27.7 Å². The summed E-state index contributed by atoms with van der Waals surface area (Å²) in [6.45, 7) is -0.107. The number of carbonyl (C=O) groups excluding carboxylic acids is 3. The van der Waals surface area contributed by atoms with Crippen molar-refractivity contribution in [2.24, 2.45) is 0 Å². The quantitative estimate of drug-likeness (QED) is 0.476. The molecule has 0 radical (unpaired) electrons. The van der Waals surface area contributed by atoms with Crippen molar-refractivity contribution in [2.45, 2.75) is 30.2 Å². The molecule has 11 heteroatoms. The van der Waals surface area contributed by atoms with Crippen LogP contribution in [0.4, 0.5) is 5.69 Å². The summed E-state index contributed by atoms with van der Waals surface area (Å²) >= 11 is 0. The van der Waals surface area contributed by atoms with Crippen molar-refractivity contribution in [1.82, 2.24) is 19.8 Å². The number of benzene rings is 2. The van der Waals surface area contributed by atoms with E-state index in [0.29, 0.717) is 23.3 Å². The Bertz CT molecular complexity index is 1310. The minimum absolute atomic E-state index is 0.0879. The lowest BCUT2D eigenvalue weighted by atomic mass is 9.93. The van der Waals surface area contributed by atoms with Crippen LogP contribution in [0.25, 0.3) is 10.9 Å². The van der Waals surface area contributed by atoms with Gasteiger partial charge < -0.3 is 5.32 Å². The van der Waals surface area contributed by atoms with Gasteiger partial charge in [0.25, 0.3) is 0 Å². The molecule has 3 amide bonds. The molecule has 0 spiro atoms. The first kappa shape index (κ1) is 21.7. The molecule has 166 valence electrons. The van der Waals surface area contributed by atoms with E-state index in [4.69, 9.17) is 0 Å². The normalized spacial score (nSPS) is 16.7. The van der Waals surface area contributed by atoms with Gasteiger partial charge in [-0.25, -0.2) is 13.1 Å². The van der Waals surface area contributed by atoms with E-state index < -0.39 is 21.8 Å². The molecule has 1 saturated heterocycles. The summed E-state index contributed by atoms with van der Waals surface area (Å²) in [5.74, 6) is -1.62. The van der Waals surface area contributed by atoms with Crippen molar-refractivity contribution in [3.63, 3.8) is 0 Å². The van der Waals surface area contributed by atoms with Gasteiger partial charge in [-0.05, 0) is 43.8 Å². The summed E-state index contributed by atoms with van der Waals surface area (Å²) in [6, 6.07) is 13.1. The highest BCUT2D eigenvalue weighted by atomic mass is 32.2. The van der Waals surface area contributed by atoms with Crippen LogP contribution in [0.1, 0.15) is 24.5 Å². The molecule has 1 aliphatic heterocycles. The number of hydrogen-bond acceptors (Lipinski definition) is 6. The number of nitrogens with one attached hydrogen (secondary N) is 3. The van der Waals surface area contributed by atoms with Crippen LogP contribution in [0.2, 0.25) is 0 Å². The minimum atomic E-state index is -3.56. The third kappa shape index (κ3) is 4.25. The van der Waals surface area contributed by atoms with E-state index in [9.17, 15) is 22.8 Å². The Labute approximate surface area is 184 Å². The first-order valence-corrected chi connectivity index (χ1v) is 11.4. The SMILES string of the molecule is CNS(=O)(=O)c1ccc(NC(=O)Cn2nc(C3CCC(=O)NC3=O)c3ccccc32)cc1. The number of para-hydroxylation sites is 1. The van der Waals surface area contributed by atoms with E-state index >= 15 is 0 Å². The number of aromatic nitrogens is 2. The second kappa shape index (κ2) is 8.52. The molecule has 3 aromatic rings. The van der Waals surface area contributed by atoms with Crippen LogP contribution < -0.4 is 15.4 Å². The monoisotopic (exact) mass is 455 g/mol. The van der Waals surface area contributed by atoms with Crippen LogP contribution in [-0.2, 0) is 31.0 Å². The molecule has 2 aromatic carbocycles. The number of carbonyl (C=O) groups is 3. The molecule has 0 aliphatic carbocycles. The average Bonchev–Trinajstić information content (AvgIpc) is 3.12. The predicted molar refractivity (Wildman–Crippen MR) is 116 cm³/mol. The fourth-order valence-corrected chi connectivity index (χ4v) is 4.39. The molecule has 32 heavy (non-hydrogen) atoms. The van der Waals surface area contributed by atoms with E-state index in [0.717, 1.165) is 5.39 Å². The Balaban J connectivity index is 1.55. The third-order valence-corrected chi connectivity index (χ3v) is 6.70. The highest BCUT2D eigenvalue weighted by molar-refractivity contribution is 7.89. The maximum atomic E-state index is 12.6. The number of amides is 3. The van der Waals surface area contributed by atoms with E-state index in [-0.39, 0.29) is 29.7 Å². The van der Waals surface area contributed by atoms with Gasteiger partial charge >= 0.3 is 0 Å². The zero-order chi connectivity index (χ0) is 22.9. The number of sulfonamides is 1. The lowest BCUT2D eigenvalue weighted by molar-refractivity contribution is -0.134. The number of piperidine rings is 1. The van der Waals surface area contributed by atoms with E-state index in [1.807, 2.05) is 24.3 Å². The Morgan fingerprint density at radius 2 is 1.88 bits per heavy atom. The topological polar surface area (TPSA) is 139 Å². The van der Waals surface area contributed by atoms with Gasteiger partial charge in [0.05, 0.1) is 22.0 Å². The molecule has 3 N–H and O–H groups in total. The van der Waals surface area contributed by atoms with Gasteiger partial charge in [-0.1, -0.05) is 18.2 Å². The fraction of sp³-hybridized carbons (Fsp3) is 0.238. The molecule has 10 nitrogen and oxygen atoms in total. The number of hydrogen-bond donors (Lipinski definition) is 3. The highest BCUT2D eigenvalue weighted by Crippen LogP contribution is 2.30. The Morgan fingerprint density at radius 1 is 1.16 bits per heavy atom. The van der Waals surface area contributed by atoms with Crippen LogP contribution in [0.5, 0.6) is 0 Å². The van der Waals surface area contributed by atoms with Crippen molar-refractivity contribution in [1.29, 1.82) is 0 Å². The summed E-state index contributed by atoms with van der Waals surface area (Å²) < 4.78 is 27.4. The number of nitrogens with zero attached hydrogens (tertiary/aromatic N) is 2. The third-order valence-electron chi connectivity index (χ3n) is 5.27. The maximum absolute atomic E-state index is 12.6. The van der Waals surface area contributed by atoms with Crippen molar-refractivity contribution < 1.29 is 22.8 Å². The zero-order valence-corrected chi connectivity index (χ0v) is 18.0. The highest BCUT2D eigenvalue weighted by Gasteiger charge is 2.31. The molecule has 0 bridgehead atoms. The Kier molecular flexibility index (Phi) is 5.76. The van der Waals surface area contributed by atoms with Crippen LogP contribution in [-0.4, -0.2) is 43.0 Å². The predicted octanol–water partition coefficient (Wildman–Crippen LogP) is 1.10. The van der Waals surface area contributed by atoms with E-state index in [2.05, 4.69) is 20.5 Å². The number of fused-ring (bicyclic) bond motifs is 1. The van der Waals surface area contributed by atoms with Crippen LogP contribution in [0, 0.1) is 0 Å². The van der Waals surface area contributed by atoms with Crippen LogP contribution in [0.3, 0.4) is 0 Å². The largest absolute Gasteiger partial charge is 0.324 e. The van der Waals surface area contributed by atoms with Gasteiger partial charge in [-0.15, -0.1) is 0 Å². The van der Waals surface area contributed by atoms with Crippen LogP contribution in [0.15, 0.2) is 53.4 Å². The molecule has 1 unspecified atom stereocenters. The molecule has 1 aromatic heterocycles. The Hall–Kier alpha value is -3.57. The fourth-order valence-electron chi connectivity index (χ4n) is 3.66. The van der Waals surface area contributed by atoms with Crippen molar-refractivity contribution in [3.05, 3.63) is 54.2 Å². The Morgan fingerprint density at radius 3 is 2.56 bits per heavy atom. The molecule has 1 atom stereocenters. The van der Waals surface area contributed by atoms with Crippen LogP contribution >= 0.6 is 0 Å². The number of rotatable bonds is 6. The second-order valence-electron chi connectivity index (χ2n) is 7.34. The molecule has 2 heterocycles. The zero-order valence-electron chi connectivity index (χ0n) is 17.2. The molecule has 0 saturated carbocycles. The lowest BCUT2D eigenvalue weighted by Gasteiger charge is -2.19. The van der Waals surface area contributed by atoms with Crippen molar-refractivity contribution in [3.8, 4) is 0 Å². The first-order valence-electron chi connectivity index (χ1n) is 9.91. The van der Waals surface area contributed by atoms with Crippen molar-refractivity contribution in [2.75, 3.05) is 12.4 Å². The van der Waals surface area contributed by atoms with Crippen molar-refractivity contribution >= 4 is 44.3 Å². The average molecular weight is 455 g/mol. The molecule has 1 fully saturated rings. The number of anilines is 1. The second-order valence-corrected chi connectivity index (χ2v) is 9.23. The summed E-state index contributed by atoms with van der Waals surface area (Å²) in [4.78, 5) is 36.5. The standard InChI is InChI=1S/C21H21N5O5S/c1-22-32(30,31)14-8-6-13(7-9-14)23-19(28)12-26-17-5-3-2-4-15(17)20(25-26)16-10-11-18(27)24-21(16)29/h2-9,16,22H,10-12H2,1H3,(H,23,28)(H,24,27,29). The molecule has 4 rings (SSSR count). The van der Waals surface area contributed by atoms with Gasteiger partial charge in [0, 0.05) is 17.5 Å².